The van der Waals surface area contributed by atoms with Crippen molar-refractivity contribution in [3.8, 4) is 0 Å². The predicted molar refractivity (Wildman–Crippen MR) is 113 cm³/mol. The number of β-amino-alcohol motifs (C(OH)–C–C–N with tert-alkyl or cyclic N) is 1. The van der Waals surface area contributed by atoms with Gasteiger partial charge in [-0.25, -0.2) is 0 Å². The van der Waals surface area contributed by atoms with Gasteiger partial charge in [-0.2, -0.15) is 0 Å². The Balaban J connectivity index is 1.71. The molecule has 5 rings (SSSR count). The molecule has 3 heteroatoms. The Bertz CT molecular complexity index is 1070. The van der Waals surface area contributed by atoms with E-state index < -0.39 is 11.7 Å². The summed E-state index contributed by atoms with van der Waals surface area (Å²) in [6.07, 6.45) is 0.0633. The molecule has 0 bridgehead atoms. The van der Waals surface area contributed by atoms with Crippen LogP contribution in [0.1, 0.15) is 17.5 Å². The van der Waals surface area contributed by atoms with Gasteiger partial charge in [-0.15, -0.1) is 0 Å². The first-order valence-corrected chi connectivity index (χ1v) is 9.77. The summed E-state index contributed by atoms with van der Waals surface area (Å²) in [4.78, 5) is 0. The number of nitrogens with one attached hydrogen (secondary N) is 1. The number of hydrogen-bond donors (Lipinski definition) is 3. The van der Waals surface area contributed by atoms with E-state index in [9.17, 15) is 10.2 Å². The number of aliphatic hydroxyl groups excluding tert-OH is 1. The molecular weight excluding hydrogens is 346 g/mol. The summed E-state index contributed by atoms with van der Waals surface area (Å²) in [5, 5.41) is 30.1. The van der Waals surface area contributed by atoms with Crippen LogP contribution in [0.25, 0.3) is 21.5 Å². The van der Waals surface area contributed by atoms with Crippen LogP contribution < -0.4 is 5.32 Å². The second kappa shape index (κ2) is 6.71. The Morgan fingerprint density at radius 1 is 0.714 bits per heavy atom. The van der Waals surface area contributed by atoms with E-state index in [1.165, 1.54) is 0 Å². The van der Waals surface area contributed by atoms with Gasteiger partial charge in [0, 0.05) is 12.6 Å². The van der Waals surface area contributed by atoms with Crippen molar-refractivity contribution in [3.63, 3.8) is 0 Å². The monoisotopic (exact) mass is 369 g/mol. The van der Waals surface area contributed by atoms with Crippen molar-refractivity contribution in [3.05, 3.63) is 96.1 Å². The Morgan fingerprint density at radius 3 is 1.68 bits per heavy atom. The van der Waals surface area contributed by atoms with Gasteiger partial charge in [0.05, 0.1) is 6.10 Å². The highest BCUT2D eigenvalue weighted by Gasteiger charge is 2.44. The highest BCUT2D eigenvalue weighted by Crippen LogP contribution is 2.39. The van der Waals surface area contributed by atoms with Crippen LogP contribution in [0.5, 0.6) is 0 Å². The smallest absolute Gasteiger partial charge is 0.130 e. The highest BCUT2D eigenvalue weighted by molar-refractivity contribution is 5.85. The molecule has 140 valence electrons. The molecule has 0 aromatic heterocycles. The van der Waals surface area contributed by atoms with Gasteiger partial charge >= 0.3 is 0 Å². The van der Waals surface area contributed by atoms with E-state index in [4.69, 9.17) is 0 Å². The molecule has 0 amide bonds. The van der Waals surface area contributed by atoms with Gasteiger partial charge in [-0.05, 0) is 51.2 Å². The molecule has 1 aliphatic rings. The van der Waals surface area contributed by atoms with Crippen molar-refractivity contribution in [2.24, 2.45) is 0 Å². The van der Waals surface area contributed by atoms with Crippen molar-refractivity contribution in [1.82, 2.24) is 5.32 Å². The lowest BCUT2D eigenvalue weighted by atomic mass is 9.78. The molecule has 0 saturated carbocycles. The zero-order valence-electron chi connectivity index (χ0n) is 15.5. The summed E-state index contributed by atoms with van der Waals surface area (Å²) in [6.45, 7) is 0.494. The van der Waals surface area contributed by atoms with Crippen LogP contribution >= 0.6 is 0 Å². The van der Waals surface area contributed by atoms with Crippen molar-refractivity contribution in [2.45, 2.75) is 24.2 Å². The minimum Gasteiger partial charge on any atom is -0.392 e. The van der Waals surface area contributed by atoms with E-state index in [-0.39, 0.29) is 6.04 Å². The van der Waals surface area contributed by atoms with Gasteiger partial charge in [0.15, 0.2) is 0 Å². The van der Waals surface area contributed by atoms with Gasteiger partial charge in [-0.1, -0.05) is 72.8 Å². The molecule has 0 radical (unpaired) electrons. The average Bonchev–Trinajstić information content (AvgIpc) is 3.19. The first-order valence-electron chi connectivity index (χ1n) is 9.77. The quantitative estimate of drug-likeness (QED) is 0.512. The Morgan fingerprint density at radius 2 is 1.21 bits per heavy atom. The third-order valence-electron chi connectivity index (χ3n) is 5.99. The maximum absolute atomic E-state index is 12.1. The zero-order valence-corrected chi connectivity index (χ0v) is 15.5. The fourth-order valence-corrected chi connectivity index (χ4v) is 4.46. The van der Waals surface area contributed by atoms with Crippen LogP contribution in [0.15, 0.2) is 84.9 Å². The van der Waals surface area contributed by atoms with Gasteiger partial charge in [0.25, 0.3) is 0 Å². The van der Waals surface area contributed by atoms with Gasteiger partial charge in [0.1, 0.15) is 5.60 Å². The van der Waals surface area contributed by atoms with Gasteiger partial charge in [0.2, 0.25) is 0 Å². The molecule has 1 saturated heterocycles. The van der Waals surface area contributed by atoms with E-state index in [2.05, 4.69) is 53.8 Å². The maximum atomic E-state index is 12.1. The van der Waals surface area contributed by atoms with E-state index in [0.717, 1.165) is 32.7 Å². The lowest BCUT2D eigenvalue weighted by Gasteiger charge is -2.35. The molecule has 1 aliphatic heterocycles. The molecule has 0 unspecified atom stereocenters. The molecule has 2 atom stereocenters. The zero-order chi connectivity index (χ0) is 19.1. The van der Waals surface area contributed by atoms with E-state index in [0.29, 0.717) is 13.0 Å². The minimum absolute atomic E-state index is 0.259. The largest absolute Gasteiger partial charge is 0.392 e. The fraction of sp³-hybridized carbons (Fsp3) is 0.200. The van der Waals surface area contributed by atoms with Crippen LogP contribution in [0.2, 0.25) is 0 Å². The summed E-state index contributed by atoms with van der Waals surface area (Å²) in [6, 6.07) is 28.3. The van der Waals surface area contributed by atoms with Crippen LogP contribution in [0.4, 0.5) is 0 Å². The molecule has 0 aliphatic carbocycles. The standard InChI is InChI=1S/C25H23NO2/c27-23-15-24(26-16-23)25(28,21-11-9-17-5-1-3-7-19(17)13-21)22-12-10-18-6-2-4-8-20(18)14-22/h1-14,23-24,26-28H,15-16H2/t23-,24+/m1/s1. The first-order chi connectivity index (χ1) is 13.6. The Labute approximate surface area is 164 Å². The van der Waals surface area contributed by atoms with E-state index >= 15 is 0 Å². The molecule has 1 heterocycles. The number of rotatable bonds is 3. The fourth-order valence-electron chi connectivity index (χ4n) is 4.46. The van der Waals surface area contributed by atoms with Gasteiger partial charge < -0.3 is 15.5 Å². The van der Waals surface area contributed by atoms with Crippen molar-refractivity contribution < 1.29 is 10.2 Å². The van der Waals surface area contributed by atoms with Crippen molar-refractivity contribution >= 4 is 21.5 Å². The summed E-state index contributed by atoms with van der Waals surface area (Å²) in [5.41, 5.74) is 0.451. The van der Waals surface area contributed by atoms with Crippen LogP contribution in [0.3, 0.4) is 0 Å². The Hall–Kier alpha value is -2.72. The SMILES string of the molecule is O[C@H]1CN[C@H](C(O)(c2ccc3ccccc3c2)c2ccc3ccccc3c2)C1. The summed E-state index contributed by atoms with van der Waals surface area (Å²) in [7, 11) is 0. The third kappa shape index (κ3) is 2.80. The molecule has 0 spiro atoms. The molecule has 28 heavy (non-hydrogen) atoms. The molecule has 4 aromatic carbocycles. The predicted octanol–water partition coefficient (Wildman–Crippen LogP) is 3.95. The van der Waals surface area contributed by atoms with Crippen LogP contribution in [0, 0.1) is 0 Å². The normalized spacial score (nSPS) is 20.1. The summed E-state index contributed by atoms with van der Waals surface area (Å²) >= 11 is 0. The molecule has 3 N–H and O–H groups in total. The third-order valence-corrected chi connectivity index (χ3v) is 5.99. The minimum atomic E-state index is -1.23. The molecule has 1 fully saturated rings. The second-order valence-electron chi connectivity index (χ2n) is 7.74. The number of benzene rings is 4. The number of aliphatic hydroxyl groups is 2. The lowest BCUT2D eigenvalue weighted by molar-refractivity contribution is 0.0398. The highest BCUT2D eigenvalue weighted by atomic mass is 16.3. The molecule has 4 aromatic rings. The molecular formula is C25H23NO2. The van der Waals surface area contributed by atoms with Gasteiger partial charge in [-0.3, -0.25) is 0 Å². The maximum Gasteiger partial charge on any atom is 0.130 e. The van der Waals surface area contributed by atoms with Crippen molar-refractivity contribution in [1.29, 1.82) is 0 Å². The molecule has 3 nitrogen and oxygen atoms in total. The first kappa shape index (κ1) is 17.4. The van der Waals surface area contributed by atoms with Crippen LogP contribution in [-0.2, 0) is 5.60 Å². The van der Waals surface area contributed by atoms with E-state index in [1.54, 1.807) is 0 Å². The number of fused-ring (bicyclic) bond motifs is 2. The second-order valence-corrected chi connectivity index (χ2v) is 7.74. The summed E-state index contributed by atoms with van der Waals surface area (Å²) in [5.74, 6) is 0. The lowest BCUT2D eigenvalue weighted by Crippen LogP contribution is -2.46. The Kier molecular flexibility index (Phi) is 4.17. The van der Waals surface area contributed by atoms with E-state index in [1.807, 2.05) is 36.4 Å². The van der Waals surface area contributed by atoms with Crippen molar-refractivity contribution in [2.75, 3.05) is 6.54 Å². The van der Waals surface area contributed by atoms with Crippen LogP contribution in [-0.4, -0.2) is 28.9 Å². The number of hydrogen-bond acceptors (Lipinski definition) is 3. The topological polar surface area (TPSA) is 52.5 Å². The average molecular weight is 369 g/mol. The summed E-state index contributed by atoms with van der Waals surface area (Å²) < 4.78 is 0.